The van der Waals surface area contributed by atoms with Crippen molar-refractivity contribution in [3.05, 3.63) is 65.7 Å². The molecule has 0 aliphatic heterocycles. The van der Waals surface area contributed by atoms with E-state index in [1.807, 2.05) is 62.4 Å². The molecular formula is C22H21N3O2. The molecule has 0 spiro atoms. The Balaban J connectivity index is 1.66. The number of nitrogens with one attached hydrogen (secondary N) is 2. The number of nitrogens with zero attached hydrogens (tertiary/aromatic N) is 1. The molecule has 2 aromatic carbocycles. The van der Waals surface area contributed by atoms with Gasteiger partial charge in [-0.3, -0.25) is 20.4 Å². The van der Waals surface area contributed by atoms with E-state index in [9.17, 15) is 9.59 Å². The zero-order chi connectivity index (χ0) is 19.0. The Labute approximate surface area is 157 Å². The number of hydrazine groups is 1. The van der Waals surface area contributed by atoms with Crippen LogP contribution in [0.4, 0.5) is 0 Å². The maximum atomic E-state index is 12.8. The molecule has 2 atom stereocenters. The van der Waals surface area contributed by atoms with E-state index in [1.54, 1.807) is 6.07 Å². The van der Waals surface area contributed by atoms with Gasteiger partial charge >= 0.3 is 0 Å². The van der Waals surface area contributed by atoms with E-state index in [-0.39, 0.29) is 17.7 Å². The minimum Gasteiger partial charge on any atom is -0.273 e. The Kier molecular flexibility index (Phi) is 4.36. The minimum absolute atomic E-state index is 0.00241. The average molecular weight is 359 g/mol. The molecule has 2 N–H and O–H groups in total. The lowest BCUT2D eigenvalue weighted by molar-refractivity contribution is -0.123. The molecule has 136 valence electrons. The van der Waals surface area contributed by atoms with Crippen LogP contribution >= 0.6 is 0 Å². The van der Waals surface area contributed by atoms with Crippen molar-refractivity contribution in [2.45, 2.75) is 20.3 Å². The number of aromatic nitrogens is 1. The maximum Gasteiger partial charge on any atom is 0.270 e. The molecule has 1 fully saturated rings. The first-order valence-corrected chi connectivity index (χ1v) is 9.10. The number of hydrogen-bond acceptors (Lipinski definition) is 3. The summed E-state index contributed by atoms with van der Waals surface area (Å²) in [6.45, 7) is 4.05. The van der Waals surface area contributed by atoms with Crippen LogP contribution in [-0.2, 0) is 4.79 Å². The van der Waals surface area contributed by atoms with E-state index < -0.39 is 0 Å². The molecule has 1 aromatic heterocycles. The highest BCUT2D eigenvalue weighted by molar-refractivity contribution is 6.07. The smallest absolute Gasteiger partial charge is 0.270 e. The van der Waals surface area contributed by atoms with Gasteiger partial charge < -0.3 is 0 Å². The van der Waals surface area contributed by atoms with Gasteiger partial charge in [0.05, 0.1) is 16.8 Å². The van der Waals surface area contributed by atoms with Crippen LogP contribution in [-0.4, -0.2) is 16.8 Å². The van der Waals surface area contributed by atoms with Crippen LogP contribution < -0.4 is 10.9 Å². The highest BCUT2D eigenvalue weighted by Gasteiger charge is 2.39. The quantitative estimate of drug-likeness (QED) is 0.702. The number of amides is 2. The van der Waals surface area contributed by atoms with Gasteiger partial charge in [-0.1, -0.05) is 55.0 Å². The molecular weight excluding hydrogens is 338 g/mol. The fourth-order valence-corrected chi connectivity index (χ4v) is 3.20. The fraction of sp³-hybridized carbons (Fsp3) is 0.227. The van der Waals surface area contributed by atoms with Crippen LogP contribution in [0, 0.1) is 18.8 Å². The third kappa shape index (κ3) is 3.53. The van der Waals surface area contributed by atoms with E-state index in [0.717, 1.165) is 34.1 Å². The van der Waals surface area contributed by atoms with Gasteiger partial charge in [0.1, 0.15) is 0 Å². The van der Waals surface area contributed by atoms with E-state index in [0.29, 0.717) is 11.5 Å². The van der Waals surface area contributed by atoms with Crippen LogP contribution in [0.1, 0.15) is 29.3 Å². The second kappa shape index (κ2) is 6.83. The van der Waals surface area contributed by atoms with Gasteiger partial charge in [0.25, 0.3) is 5.91 Å². The topological polar surface area (TPSA) is 71.1 Å². The number of rotatable bonds is 3. The predicted molar refractivity (Wildman–Crippen MR) is 105 cm³/mol. The lowest BCUT2D eigenvalue weighted by Crippen LogP contribution is -2.42. The first-order chi connectivity index (χ1) is 13.0. The van der Waals surface area contributed by atoms with Crippen molar-refractivity contribution in [3.8, 4) is 11.3 Å². The summed E-state index contributed by atoms with van der Waals surface area (Å²) in [4.78, 5) is 29.5. The molecule has 2 amide bonds. The van der Waals surface area contributed by atoms with Gasteiger partial charge in [0, 0.05) is 16.9 Å². The summed E-state index contributed by atoms with van der Waals surface area (Å²) < 4.78 is 0. The molecule has 5 nitrogen and oxygen atoms in total. The van der Waals surface area contributed by atoms with Gasteiger partial charge in [-0.05, 0) is 31.4 Å². The van der Waals surface area contributed by atoms with Gasteiger partial charge in [0.15, 0.2) is 0 Å². The summed E-state index contributed by atoms with van der Waals surface area (Å²) in [7, 11) is 0. The molecule has 0 bridgehead atoms. The summed E-state index contributed by atoms with van der Waals surface area (Å²) >= 11 is 0. The Hall–Kier alpha value is -3.21. The van der Waals surface area contributed by atoms with Crippen molar-refractivity contribution in [1.29, 1.82) is 0 Å². The van der Waals surface area contributed by atoms with E-state index >= 15 is 0 Å². The van der Waals surface area contributed by atoms with Crippen molar-refractivity contribution >= 4 is 22.7 Å². The molecule has 2 unspecified atom stereocenters. The standard InChI is InChI=1S/C22H21N3O2/c1-13-7-9-15(10-8-13)20-12-18(16-5-3-4-6-19(16)23-20)22(27)25-24-21(26)17-11-14(17)2/h3-10,12,14,17H,11H2,1-2H3,(H,24,26)(H,25,27). The number of hydrogen-bond donors (Lipinski definition) is 2. The van der Waals surface area contributed by atoms with Crippen molar-refractivity contribution in [1.82, 2.24) is 15.8 Å². The monoisotopic (exact) mass is 359 g/mol. The normalized spacial score (nSPS) is 18.1. The van der Waals surface area contributed by atoms with Gasteiger partial charge in [-0.25, -0.2) is 4.98 Å². The number of fused-ring (bicyclic) bond motifs is 1. The Morgan fingerprint density at radius 2 is 1.74 bits per heavy atom. The number of para-hydroxylation sites is 1. The summed E-state index contributed by atoms with van der Waals surface area (Å²) in [5.41, 5.74) is 9.15. The third-order valence-corrected chi connectivity index (χ3v) is 5.05. The Bertz CT molecular complexity index is 1030. The molecule has 27 heavy (non-hydrogen) atoms. The highest BCUT2D eigenvalue weighted by Crippen LogP contribution is 2.37. The molecule has 1 heterocycles. The number of carbonyl (C=O) groups excluding carboxylic acids is 2. The fourth-order valence-electron chi connectivity index (χ4n) is 3.20. The van der Waals surface area contributed by atoms with Crippen molar-refractivity contribution in [3.63, 3.8) is 0 Å². The maximum absolute atomic E-state index is 12.8. The Morgan fingerprint density at radius 1 is 1.04 bits per heavy atom. The molecule has 0 radical (unpaired) electrons. The first-order valence-electron chi connectivity index (χ1n) is 9.10. The van der Waals surface area contributed by atoms with Gasteiger partial charge in [0.2, 0.25) is 5.91 Å². The molecule has 5 heteroatoms. The summed E-state index contributed by atoms with van der Waals surface area (Å²) in [6.07, 6.45) is 0.872. The van der Waals surface area contributed by atoms with Crippen molar-refractivity contribution in [2.24, 2.45) is 11.8 Å². The SMILES string of the molecule is Cc1ccc(-c2cc(C(=O)NNC(=O)C3CC3C)c3ccccc3n2)cc1. The number of benzene rings is 2. The minimum atomic E-state index is -0.344. The van der Waals surface area contributed by atoms with Crippen LogP contribution in [0.15, 0.2) is 54.6 Å². The average Bonchev–Trinajstić information content (AvgIpc) is 3.42. The summed E-state index contributed by atoms with van der Waals surface area (Å²) in [5, 5.41) is 0.750. The zero-order valence-corrected chi connectivity index (χ0v) is 15.3. The van der Waals surface area contributed by atoms with Crippen molar-refractivity contribution in [2.75, 3.05) is 0 Å². The van der Waals surface area contributed by atoms with E-state index in [4.69, 9.17) is 4.98 Å². The van der Waals surface area contributed by atoms with Crippen LogP contribution in [0.2, 0.25) is 0 Å². The molecule has 0 saturated heterocycles. The third-order valence-electron chi connectivity index (χ3n) is 5.05. The number of pyridine rings is 1. The largest absolute Gasteiger partial charge is 0.273 e. The predicted octanol–water partition coefficient (Wildman–Crippen LogP) is 3.63. The first kappa shape index (κ1) is 17.2. The summed E-state index contributed by atoms with van der Waals surface area (Å²) in [5.74, 6) is -0.0871. The number of aryl methyl sites for hydroxylation is 1. The second-order valence-corrected chi connectivity index (χ2v) is 7.20. The van der Waals surface area contributed by atoms with E-state index in [2.05, 4.69) is 10.9 Å². The number of carbonyl (C=O) groups is 2. The van der Waals surface area contributed by atoms with Crippen molar-refractivity contribution < 1.29 is 9.59 Å². The lowest BCUT2D eigenvalue weighted by atomic mass is 10.0. The molecule has 1 aliphatic carbocycles. The molecule has 4 rings (SSSR count). The lowest BCUT2D eigenvalue weighted by Gasteiger charge is -2.11. The van der Waals surface area contributed by atoms with E-state index in [1.165, 1.54) is 0 Å². The van der Waals surface area contributed by atoms with Crippen LogP contribution in [0.3, 0.4) is 0 Å². The summed E-state index contributed by atoms with van der Waals surface area (Å²) in [6, 6.07) is 17.3. The molecule has 1 aliphatic rings. The Morgan fingerprint density at radius 3 is 2.44 bits per heavy atom. The second-order valence-electron chi connectivity index (χ2n) is 7.20. The highest BCUT2D eigenvalue weighted by atomic mass is 16.2. The van der Waals surface area contributed by atoms with Crippen LogP contribution in [0.25, 0.3) is 22.2 Å². The van der Waals surface area contributed by atoms with Gasteiger partial charge in [-0.2, -0.15) is 0 Å². The molecule has 3 aromatic rings. The molecule has 1 saturated carbocycles. The zero-order valence-electron chi connectivity index (χ0n) is 15.3. The van der Waals surface area contributed by atoms with Gasteiger partial charge in [-0.15, -0.1) is 0 Å². The van der Waals surface area contributed by atoms with Crippen LogP contribution in [0.5, 0.6) is 0 Å².